The van der Waals surface area contributed by atoms with Gasteiger partial charge < -0.3 is 4.90 Å². The number of hydrogen-bond donors (Lipinski definition) is 0. The van der Waals surface area contributed by atoms with Crippen LogP contribution in [0, 0.1) is 0 Å². The summed E-state index contributed by atoms with van der Waals surface area (Å²) in [6.45, 7) is 2.39. The summed E-state index contributed by atoms with van der Waals surface area (Å²) < 4.78 is 0. The van der Waals surface area contributed by atoms with E-state index in [0.717, 1.165) is 6.54 Å². The molecule has 0 spiro atoms. The molecular formula is C6H13N2. The predicted octanol–water partition coefficient (Wildman–Crippen LogP) is -0.0753. The zero-order valence-electron chi connectivity index (χ0n) is 5.59. The Labute approximate surface area is 50.9 Å². The van der Waals surface area contributed by atoms with Gasteiger partial charge in [0.15, 0.2) is 0 Å². The Balaban J connectivity index is 2.22. The van der Waals surface area contributed by atoms with Crippen LogP contribution in [0.1, 0.15) is 6.42 Å². The molecule has 0 aromatic carbocycles. The number of hydrogen-bond acceptors (Lipinski definition) is 1. The van der Waals surface area contributed by atoms with E-state index in [1.807, 2.05) is 7.05 Å². The maximum absolute atomic E-state index is 4.20. The molecule has 1 aliphatic heterocycles. The predicted molar refractivity (Wildman–Crippen MR) is 34.0 cm³/mol. The normalized spacial score (nSPS) is 31.5. The maximum Gasteiger partial charge on any atom is 0.0382 e. The van der Waals surface area contributed by atoms with Gasteiger partial charge in [-0.2, -0.15) is 0 Å². The quantitative estimate of drug-likeness (QED) is 0.465. The highest BCUT2D eigenvalue weighted by molar-refractivity contribution is 4.76. The van der Waals surface area contributed by atoms with Crippen molar-refractivity contribution in [1.82, 2.24) is 10.2 Å². The molecule has 1 fully saturated rings. The fourth-order valence-electron chi connectivity index (χ4n) is 1.12. The standard InChI is InChI=1S/C6H13N2/c1-7-6-3-4-8(2)5-6/h6H,3-5H2,1-2H3. The van der Waals surface area contributed by atoms with E-state index in [2.05, 4.69) is 17.3 Å². The number of rotatable bonds is 1. The Morgan fingerprint density at radius 2 is 2.38 bits per heavy atom. The van der Waals surface area contributed by atoms with Crippen LogP contribution in [0.4, 0.5) is 0 Å². The van der Waals surface area contributed by atoms with E-state index in [4.69, 9.17) is 0 Å². The van der Waals surface area contributed by atoms with Crippen molar-refractivity contribution in [2.24, 2.45) is 0 Å². The fraction of sp³-hybridized carbons (Fsp3) is 1.00. The molecule has 1 aliphatic rings. The summed E-state index contributed by atoms with van der Waals surface area (Å²) in [6, 6.07) is 0.625. The molecule has 8 heavy (non-hydrogen) atoms. The Morgan fingerprint density at radius 3 is 2.62 bits per heavy atom. The highest BCUT2D eigenvalue weighted by atomic mass is 15.2. The minimum absolute atomic E-state index is 0.625. The molecule has 2 nitrogen and oxygen atoms in total. The molecule has 0 amide bonds. The van der Waals surface area contributed by atoms with E-state index in [1.165, 1.54) is 13.0 Å². The third-order valence-electron chi connectivity index (χ3n) is 1.73. The van der Waals surface area contributed by atoms with Crippen molar-refractivity contribution in [2.45, 2.75) is 12.5 Å². The molecule has 0 N–H and O–H groups in total. The van der Waals surface area contributed by atoms with Gasteiger partial charge >= 0.3 is 0 Å². The van der Waals surface area contributed by atoms with Crippen LogP contribution in [0.2, 0.25) is 0 Å². The topological polar surface area (TPSA) is 17.3 Å². The summed E-state index contributed by atoms with van der Waals surface area (Å²) >= 11 is 0. The van der Waals surface area contributed by atoms with Gasteiger partial charge in [-0.15, -0.1) is 0 Å². The van der Waals surface area contributed by atoms with Gasteiger partial charge in [-0.3, -0.25) is 0 Å². The van der Waals surface area contributed by atoms with Gasteiger partial charge in [0.2, 0.25) is 0 Å². The van der Waals surface area contributed by atoms with Crippen LogP contribution in [0.3, 0.4) is 0 Å². The zero-order chi connectivity index (χ0) is 5.98. The van der Waals surface area contributed by atoms with Crippen molar-refractivity contribution in [3.63, 3.8) is 0 Å². The Hall–Kier alpha value is -0.0800. The van der Waals surface area contributed by atoms with Crippen LogP contribution in [-0.4, -0.2) is 38.1 Å². The third-order valence-corrected chi connectivity index (χ3v) is 1.73. The molecule has 1 radical (unpaired) electrons. The van der Waals surface area contributed by atoms with Gasteiger partial charge in [0.25, 0.3) is 0 Å². The molecule has 1 rings (SSSR count). The molecule has 0 aromatic rings. The minimum atomic E-state index is 0.625. The average Bonchev–Trinajstić information content (AvgIpc) is 2.14. The van der Waals surface area contributed by atoms with Crippen LogP contribution in [0.5, 0.6) is 0 Å². The minimum Gasteiger partial charge on any atom is -0.305 e. The van der Waals surface area contributed by atoms with Crippen molar-refractivity contribution in [1.29, 1.82) is 0 Å². The van der Waals surface area contributed by atoms with Gasteiger partial charge in [0, 0.05) is 19.6 Å². The van der Waals surface area contributed by atoms with Crippen molar-refractivity contribution in [3.05, 3.63) is 0 Å². The molecule has 0 saturated carbocycles. The van der Waals surface area contributed by atoms with Crippen molar-refractivity contribution in [3.8, 4) is 0 Å². The van der Waals surface area contributed by atoms with Crippen LogP contribution in [-0.2, 0) is 0 Å². The van der Waals surface area contributed by atoms with Crippen LogP contribution in [0.25, 0.3) is 0 Å². The van der Waals surface area contributed by atoms with Crippen molar-refractivity contribution in [2.75, 3.05) is 27.2 Å². The van der Waals surface area contributed by atoms with Gasteiger partial charge in [0.05, 0.1) is 0 Å². The van der Waals surface area contributed by atoms with Gasteiger partial charge in [-0.05, 0) is 20.0 Å². The zero-order valence-corrected chi connectivity index (χ0v) is 5.59. The van der Waals surface area contributed by atoms with Crippen molar-refractivity contribution < 1.29 is 0 Å². The summed E-state index contributed by atoms with van der Waals surface area (Å²) in [5.74, 6) is 0. The van der Waals surface area contributed by atoms with E-state index >= 15 is 0 Å². The fourth-order valence-corrected chi connectivity index (χ4v) is 1.12. The van der Waals surface area contributed by atoms with Crippen molar-refractivity contribution >= 4 is 0 Å². The molecule has 1 heterocycles. The molecule has 1 saturated heterocycles. The number of likely N-dealkylation sites (N-methyl/N-ethyl adjacent to an activating group) is 2. The van der Waals surface area contributed by atoms with Crippen LogP contribution < -0.4 is 5.32 Å². The molecule has 0 aromatic heterocycles. The molecule has 2 heteroatoms. The molecule has 47 valence electrons. The molecule has 0 aliphatic carbocycles. The first-order chi connectivity index (χ1) is 3.83. The lowest BCUT2D eigenvalue weighted by atomic mass is 10.3. The van der Waals surface area contributed by atoms with E-state index < -0.39 is 0 Å². The third kappa shape index (κ3) is 1.20. The van der Waals surface area contributed by atoms with E-state index in [9.17, 15) is 0 Å². The van der Waals surface area contributed by atoms with E-state index in [1.54, 1.807) is 0 Å². The summed E-state index contributed by atoms with van der Waals surface area (Å²) in [5, 5.41) is 4.20. The van der Waals surface area contributed by atoms with Gasteiger partial charge in [-0.25, -0.2) is 5.32 Å². The maximum atomic E-state index is 4.20. The second kappa shape index (κ2) is 2.46. The molecule has 0 bridgehead atoms. The first-order valence-corrected chi connectivity index (χ1v) is 3.10. The second-order valence-corrected chi connectivity index (χ2v) is 2.46. The number of likely N-dealkylation sites (tertiary alicyclic amines) is 1. The van der Waals surface area contributed by atoms with Gasteiger partial charge in [0.1, 0.15) is 0 Å². The van der Waals surface area contributed by atoms with E-state index in [0.29, 0.717) is 6.04 Å². The summed E-state index contributed by atoms with van der Waals surface area (Å²) in [5.41, 5.74) is 0. The summed E-state index contributed by atoms with van der Waals surface area (Å²) in [7, 11) is 4.05. The second-order valence-electron chi connectivity index (χ2n) is 2.46. The van der Waals surface area contributed by atoms with E-state index in [-0.39, 0.29) is 0 Å². The monoisotopic (exact) mass is 113 g/mol. The molecular weight excluding hydrogens is 100 g/mol. The molecule has 1 unspecified atom stereocenters. The summed E-state index contributed by atoms with van der Waals surface area (Å²) in [6.07, 6.45) is 1.26. The average molecular weight is 113 g/mol. The summed E-state index contributed by atoms with van der Waals surface area (Å²) in [4.78, 5) is 2.32. The largest absolute Gasteiger partial charge is 0.305 e. The molecule has 1 atom stereocenters. The first kappa shape index (κ1) is 6.05. The van der Waals surface area contributed by atoms with Crippen LogP contribution >= 0.6 is 0 Å². The lowest BCUT2D eigenvalue weighted by Gasteiger charge is -2.05. The Morgan fingerprint density at radius 1 is 1.62 bits per heavy atom. The van der Waals surface area contributed by atoms with Gasteiger partial charge in [-0.1, -0.05) is 0 Å². The lowest BCUT2D eigenvalue weighted by Crippen LogP contribution is -2.22. The number of nitrogens with zero attached hydrogens (tertiary/aromatic N) is 2. The lowest BCUT2D eigenvalue weighted by molar-refractivity contribution is 0.402. The Bertz CT molecular complexity index is 72.9. The highest BCUT2D eigenvalue weighted by Gasteiger charge is 2.17. The highest BCUT2D eigenvalue weighted by Crippen LogP contribution is 2.05. The van der Waals surface area contributed by atoms with Crippen LogP contribution in [0.15, 0.2) is 0 Å². The smallest absolute Gasteiger partial charge is 0.0382 e. The SMILES string of the molecule is C[N]C1CCN(C)C1. The Kier molecular flexibility index (Phi) is 1.86. The first-order valence-electron chi connectivity index (χ1n) is 3.10.